The smallest absolute Gasteiger partial charge is 0.664 e. The van der Waals surface area contributed by atoms with Crippen molar-refractivity contribution in [2.24, 2.45) is 17.8 Å². The normalized spacial score (nSPS) is 25.1. The van der Waals surface area contributed by atoms with Crippen LogP contribution in [0.1, 0.15) is 103 Å². The zero-order chi connectivity index (χ0) is 33.0. The summed E-state index contributed by atoms with van der Waals surface area (Å²) < 4.78 is 10.5. The molecule has 5 heterocycles. The number of aliphatic hydroxyl groups excluding tert-OH is 1. The van der Waals surface area contributed by atoms with E-state index in [4.69, 9.17) is 29.7 Å². The molecule has 10 heteroatoms. The van der Waals surface area contributed by atoms with Crippen molar-refractivity contribution in [1.82, 2.24) is 15.0 Å². The molecular formula is C37H42MgN4O5-2. The second kappa shape index (κ2) is 13.6. The molecule has 8 bridgehead atoms. The molecule has 0 unspecified atom stereocenters. The molecule has 4 atom stereocenters. The first-order valence-electron chi connectivity index (χ1n) is 16.3. The van der Waals surface area contributed by atoms with Gasteiger partial charge >= 0.3 is 35.0 Å². The quantitative estimate of drug-likeness (QED) is 0.304. The third-order valence-electron chi connectivity index (χ3n) is 10.1. The molecule has 6 rings (SSSR count). The van der Waals surface area contributed by atoms with Crippen molar-refractivity contribution in [2.75, 3.05) is 13.7 Å². The van der Waals surface area contributed by atoms with E-state index < -0.39 is 18.0 Å². The van der Waals surface area contributed by atoms with E-state index >= 15 is 0 Å². The Morgan fingerprint density at radius 3 is 2.21 bits per heavy atom. The van der Waals surface area contributed by atoms with Crippen LogP contribution in [0, 0.1) is 38.5 Å². The molecule has 9 nitrogen and oxygen atoms in total. The number of carbonyl (C=O) groups is 2. The van der Waals surface area contributed by atoms with Crippen LogP contribution < -0.4 is 25.7 Å². The predicted octanol–water partition coefficient (Wildman–Crippen LogP) is 3.77. The molecule has 0 saturated carbocycles. The number of nitrogens with zero attached hydrogens (tertiary/aromatic N) is 4. The summed E-state index contributed by atoms with van der Waals surface area (Å²) in [6.45, 7) is 14.6. The largest absolute Gasteiger partial charge is 2.00 e. The number of aromatic nitrogens is 3. The maximum absolute atomic E-state index is 13.4. The summed E-state index contributed by atoms with van der Waals surface area (Å²) in [5, 5.41) is 18.7. The minimum Gasteiger partial charge on any atom is -0.664 e. The second-order valence-corrected chi connectivity index (χ2v) is 12.5. The first-order chi connectivity index (χ1) is 22.0. The SMILES string of the molecule is CCOC(=O)CC[C@@H]1/C2=C3/c4[n-]c(c(C)c4[C@H](O)[C@@H]3C(=O)OC)/C=c3\[n-]/c(c(C)c3CC)=C\c3[n-]c(c(C)c3CC)/C=C(\[N-]2)[C@H]1C.[Mg+2]. The van der Waals surface area contributed by atoms with Crippen molar-refractivity contribution >= 4 is 58.8 Å². The van der Waals surface area contributed by atoms with Gasteiger partial charge in [0.1, 0.15) is 5.92 Å². The minimum atomic E-state index is -1.15. The van der Waals surface area contributed by atoms with Crippen LogP contribution in [0.25, 0.3) is 29.1 Å². The number of aliphatic hydroxyl groups is 1. The standard InChI is InChI=1S/C37H42N4O5.Mg/c1-9-21-17(4)24-14-26-19(6)23(12-13-30(42)46-11-3)34(40-26)32-33(37(44)45-8)36(43)31-20(7)27(41-35(31)32)16-29-22(10-2)18(5)25(39-29)15-28(21)38-24;/h14-16,19,23,33,36,43H,9-13H2,1-8H3;/q-4;+2/b25-15-,26-14-,29-16-,34-32-;/t19-,23-,33+,36-;/m0./s1. The van der Waals surface area contributed by atoms with Gasteiger partial charge in [-0.1, -0.05) is 72.4 Å². The van der Waals surface area contributed by atoms with E-state index in [1.165, 1.54) is 7.11 Å². The molecule has 3 aliphatic rings. The maximum atomic E-state index is 13.4. The van der Waals surface area contributed by atoms with E-state index in [0.717, 1.165) is 68.4 Å². The summed E-state index contributed by atoms with van der Waals surface area (Å²) in [5.41, 5.74) is 10.9. The van der Waals surface area contributed by atoms with E-state index in [1.54, 1.807) is 6.92 Å². The molecule has 0 amide bonds. The molecular weight excluding hydrogens is 605 g/mol. The molecule has 1 N–H and O–H groups in total. The Labute approximate surface area is 292 Å². The summed E-state index contributed by atoms with van der Waals surface area (Å²) in [5.74, 6) is -2.15. The van der Waals surface area contributed by atoms with Crippen LogP contribution in [-0.2, 0) is 31.9 Å². The number of hydrogen-bond acceptors (Lipinski definition) is 5. The molecule has 0 radical (unpaired) electrons. The predicted molar refractivity (Wildman–Crippen MR) is 182 cm³/mol. The van der Waals surface area contributed by atoms with Crippen molar-refractivity contribution < 1.29 is 24.2 Å². The molecule has 3 aromatic heterocycles. The van der Waals surface area contributed by atoms with Crippen molar-refractivity contribution in [3.63, 3.8) is 0 Å². The zero-order valence-electron chi connectivity index (χ0n) is 28.7. The second-order valence-electron chi connectivity index (χ2n) is 12.5. The van der Waals surface area contributed by atoms with Gasteiger partial charge in [-0.2, -0.15) is 11.4 Å². The fourth-order valence-electron chi connectivity index (χ4n) is 7.56. The number of methoxy groups -OCH3 is 1. The van der Waals surface area contributed by atoms with E-state index in [9.17, 15) is 14.7 Å². The molecule has 1 aliphatic carbocycles. The van der Waals surface area contributed by atoms with Crippen LogP contribution >= 0.6 is 0 Å². The van der Waals surface area contributed by atoms with E-state index in [0.29, 0.717) is 41.2 Å². The number of hydrogen-bond donors (Lipinski definition) is 1. The van der Waals surface area contributed by atoms with Crippen LogP contribution in [-0.4, -0.2) is 53.8 Å². The maximum Gasteiger partial charge on any atom is 2.00 e. The van der Waals surface area contributed by atoms with Crippen LogP contribution in [0.5, 0.6) is 0 Å². The number of carbonyl (C=O) groups excluding carboxylic acids is 2. The summed E-state index contributed by atoms with van der Waals surface area (Å²) in [6.07, 6.45) is 7.22. The van der Waals surface area contributed by atoms with Gasteiger partial charge in [-0.05, 0) is 64.4 Å². The number of esters is 2. The Hall–Kier alpha value is -3.47. The van der Waals surface area contributed by atoms with Gasteiger partial charge in [0.25, 0.3) is 0 Å². The Morgan fingerprint density at radius 1 is 0.872 bits per heavy atom. The van der Waals surface area contributed by atoms with Crippen molar-refractivity contribution in [2.45, 2.75) is 80.3 Å². The fourth-order valence-corrected chi connectivity index (χ4v) is 7.56. The van der Waals surface area contributed by atoms with Gasteiger partial charge in [-0.3, -0.25) is 9.59 Å². The average molecular weight is 647 g/mol. The van der Waals surface area contributed by atoms with Gasteiger partial charge in [0, 0.05) is 6.42 Å². The summed E-state index contributed by atoms with van der Waals surface area (Å²) in [6, 6.07) is 0. The van der Waals surface area contributed by atoms with Crippen molar-refractivity contribution in [3.05, 3.63) is 83.6 Å². The van der Waals surface area contributed by atoms with E-state index in [1.807, 2.05) is 19.1 Å². The van der Waals surface area contributed by atoms with Crippen LogP contribution in [0.2, 0.25) is 0 Å². The first-order valence-corrected chi connectivity index (χ1v) is 16.3. The van der Waals surface area contributed by atoms with Gasteiger partial charge in [0.05, 0.1) is 19.8 Å². The Bertz CT molecular complexity index is 1920. The number of allylic oxidation sites excluding steroid dienone is 2. The third-order valence-corrected chi connectivity index (χ3v) is 10.1. The van der Waals surface area contributed by atoms with Gasteiger partial charge in [0.2, 0.25) is 0 Å². The molecule has 47 heavy (non-hydrogen) atoms. The average Bonchev–Trinajstić information content (AvgIpc) is 3.77. The minimum absolute atomic E-state index is 0. The number of ether oxygens (including phenoxy) is 2. The number of fused-ring (bicyclic) bond motifs is 7. The summed E-state index contributed by atoms with van der Waals surface area (Å²) in [4.78, 5) is 41.2. The van der Waals surface area contributed by atoms with Gasteiger partial charge < -0.3 is 34.8 Å². The molecule has 0 aromatic carbocycles. The van der Waals surface area contributed by atoms with Crippen LogP contribution in [0.15, 0.2) is 11.4 Å². The van der Waals surface area contributed by atoms with Crippen LogP contribution in [0.4, 0.5) is 0 Å². The van der Waals surface area contributed by atoms with E-state index in [-0.39, 0.29) is 47.3 Å². The molecule has 2 aliphatic heterocycles. The molecule has 1 saturated heterocycles. The fraction of sp³-hybridized carbons (Fsp3) is 0.459. The Morgan fingerprint density at radius 2 is 1.55 bits per heavy atom. The third kappa shape index (κ3) is 5.72. The van der Waals surface area contributed by atoms with Crippen molar-refractivity contribution in [1.29, 1.82) is 0 Å². The first kappa shape index (κ1) is 34.8. The zero-order valence-corrected chi connectivity index (χ0v) is 30.1. The topological polar surface area (TPSA) is 129 Å². The van der Waals surface area contributed by atoms with Gasteiger partial charge in [-0.15, -0.1) is 33.5 Å². The van der Waals surface area contributed by atoms with Gasteiger partial charge in [-0.25, -0.2) is 0 Å². The van der Waals surface area contributed by atoms with Crippen LogP contribution in [0.3, 0.4) is 0 Å². The Kier molecular flexibility index (Phi) is 10.1. The monoisotopic (exact) mass is 646 g/mol. The molecule has 244 valence electrons. The molecule has 3 aromatic rings. The van der Waals surface area contributed by atoms with Gasteiger partial charge in [0.15, 0.2) is 0 Å². The molecule has 1 fully saturated rings. The number of rotatable bonds is 7. The Balaban J connectivity index is 0.00000433. The van der Waals surface area contributed by atoms with Crippen molar-refractivity contribution in [3.8, 4) is 0 Å². The summed E-state index contributed by atoms with van der Waals surface area (Å²) >= 11 is 0. The van der Waals surface area contributed by atoms with E-state index in [2.05, 4.69) is 40.7 Å². The summed E-state index contributed by atoms with van der Waals surface area (Å²) in [7, 11) is 1.33. The molecule has 0 spiro atoms.